The summed E-state index contributed by atoms with van der Waals surface area (Å²) in [5, 5.41) is 3.99. The Morgan fingerprint density at radius 1 is 0.857 bits per heavy atom. The second-order valence-electron chi connectivity index (χ2n) is 5.35. The van der Waals surface area contributed by atoms with E-state index in [-0.39, 0.29) is 0 Å². The van der Waals surface area contributed by atoms with E-state index in [1.54, 1.807) is 31.4 Å². The number of ether oxygens (including phenoxy) is 5. The molecule has 0 radical (unpaired) electrons. The van der Waals surface area contributed by atoms with Gasteiger partial charge in [0.05, 0.1) is 46.2 Å². The average molecular weight is 453 g/mol. The molecule has 0 aliphatic carbocycles. The molecule has 0 spiro atoms. The summed E-state index contributed by atoms with van der Waals surface area (Å²) in [4.78, 5) is 12.4. The average Bonchev–Trinajstić information content (AvgIpc) is 2.71. The van der Waals surface area contributed by atoms with Crippen molar-refractivity contribution < 1.29 is 28.5 Å². The topological polar surface area (TPSA) is 87.6 Å². The lowest BCUT2D eigenvalue weighted by Crippen LogP contribution is -2.18. The van der Waals surface area contributed by atoms with E-state index in [2.05, 4.69) is 26.5 Å². The largest absolute Gasteiger partial charge is 0.493 e. The lowest BCUT2D eigenvalue weighted by molar-refractivity contribution is 0.0954. The number of hydrogen-bond donors (Lipinski definition) is 1. The Labute approximate surface area is 171 Å². The van der Waals surface area contributed by atoms with Gasteiger partial charge in [-0.3, -0.25) is 4.79 Å². The number of amides is 1. The zero-order valence-corrected chi connectivity index (χ0v) is 17.7. The number of hydrogen-bond acceptors (Lipinski definition) is 7. The molecular weight excluding hydrogens is 432 g/mol. The third kappa shape index (κ3) is 4.66. The van der Waals surface area contributed by atoms with Gasteiger partial charge < -0.3 is 23.7 Å². The van der Waals surface area contributed by atoms with Crippen LogP contribution in [-0.2, 0) is 0 Å². The van der Waals surface area contributed by atoms with Gasteiger partial charge in [-0.15, -0.1) is 0 Å². The summed E-state index contributed by atoms with van der Waals surface area (Å²) in [7, 11) is 7.54. The quantitative estimate of drug-likeness (QED) is 0.488. The SMILES string of the molecule is COc1cc(C=NNC(=O)c2cc(OC)c(OC)c(OC)c2)cc(Br)c1OC. The van der Waals surface area contributed by atoms with Crippen molar-refractivity contribution in [3.8, 4) is 28.7 Å². The number of benzene rings is 2. The summed E-state index contributed by atoms with van der Waals surface area (Å²) in [6, 6.07) is 6.60. The fourth-order valence-electron chi connectivity index (χ4n) is 2.45. The normalized spacial score (nSPS) is 10.5. The molecular formula is C19H21BrN2O6. The van der Waals surface area contributed by atoms with Gasteiger partial charge in [0.2, 0.25) is 5.75 Å². The summed E-state index contributed by atoms with van der Waals surface area (Å²) >= 11 is 3.41. The fraction of sp³-hybridized carbons (Fsp3) is 0.263. The maximum atomic E-state index is 12.4. The smallest absolute Gasteiger partial charge is 0.271 e. The lowest BCUT2D eigenvalue weighted by Gasteiger charge is -2.13. The zero-order chi connectivity index (χ0) is 20.7. The molecule has 0 atom stereocenters. The molecule has 150 valence electrons. The van der Waals surface area contributed by atoms with Crippen LogP contribution in [-0.4, -0.2) is 47.7 Å². The number of carbonyl (C=O) groups is 1. The van der Waals surface area contributed by atoms with Crippen molar-refractivity contribution in [2.24, 2.45) is 5.10 Å². The molecule has 2 aromatic carbocycles. The van der Waals surface area contributed by atoms with E-state index in [1.807, 2.05) is 0 Å². The molecule has 8 nitrogen and oxygen atoms in total. The molecule has 0 heterocycles. The number of nitrogens with zero attached hydrogens (tertiary/aromatic N) is 1. The number of methoxy groups -OCH3 is 5. The molecule has 2 aromatic rings. The summed E-state index contributed by atoms with van der Waals surface area (Å²) in [6.07, 6.45) is 1.49. The van der Waals surface area contributed by atoms with Crippen molar-refractivity contribution >= 4 is 28.1 Å². The highest BCUT2D eigenvalue weighted by Crippen LogP contribution is 2.38. The molecule has 0 bridgehead atoms. The monoisotopic (exact) mass is 452 g/mol. The van der Waals surface area contributed by atoms with Gasteiger partial charge in [-0.25, -0.2) is 5.43 Å². The van der Waals surface area contributed by atoms with Gasteiger partial charge in [-0.2, -0.15) is 5.10 Å². The molecule has 0 unspecified atom stereocenters. The molecule has 0 saturated heterocycles. The number of nitrogens with one attached hydrogen (secondary N) is 1. The van der Waals surface area contributed by atoms with Crippen molar-refractivity contribution in [2.75, 3.05) is 35.5 Å². The van der Waals surface area contributed by atoms with Crippen molar-refractivity contribution in [1.29, 1.82) is 0 Å². The molecule has 28 heavy (non-hydrogen) atoms. The molecule has 0 aromatic heterocycles. The molecule has 0 fully saturated rings. The Balaban J connectivity index is 2.21. The molecule has 0 aliphatic heterocycles. The first-order chi connectivity index (χ1) is 13.5. The van der Waals surface area contributed by atoms with Crippen molar-refractivity contribution in [3.05, 3.63) is 39.9 Å². The van der Waals surface area contributed by atoms with Crippen molar-refractivity contribution in [3.63, 3.8) is 0 Å². The van der Waals surface area contributed by atoms with Crippen LogP contribution < -0.4 is 29.1 Å². The Kier molecular flexibility index (Phi) is 7.51. The molecule has 2 rings (SSSR count). The third-order valence-electron chi connectivity index (χ3n) is 3.76. The van der Waals surface area contributed by atoms with Gasteiger partial charge in [0.25, 0.3) is 5.91 Å². The Bertz CT molecular complexity index is 860. The highest BCUT2D eigenvalue weighted by atomic mass is 79.9. The second kappa shape index (κ2) is 9.84. The van der Waals surface area contributed by atoms with Gasteiger partial charge in [-0.1, -0.05) is 0 Å². The molecule has 0 saturated carbocycles. The van der Waals surface area contributed by atoms with E-state index < -0.39 is 5.91 Å². The van der Waals surface area contributed by atoms with Crippen LogP contribution in [0, 0.1) is 0 Å². The molecule has 1 N–H and O–H groups in total. The van der Waals surface area contributed by atoms with Gasteiger partial charge in [0.1, 0.15) is 0 Å². The first-order valence-electron chi connectivity index (χ1n) is 8.03. The van der Waals surface area contributed by atoms with Crippen LogP contribution in [0.25, 0.3) is 0 Å². The summed E-state index contributed by atoms with van der Waals surface area (Å²) in [6.45, 7) is 0. The minimum absolute atomic E-state index is 0.306. The van der Waals surface area contributed by atoms with Crippen LogP contribution in [0.1, 0.15) is 15.9 Å². The minimum Gasteiger partial charge on any atom is -0.493 e. The minimum atomic E-state index is -0.435. The van der Waals surface area contributed by atoms with E-state index in [0.29, 0.717) is 44.3 Å². The van der Waals surface area contributed by atoms with E-state index in [0.717, 1.165) is 0 Å². The van der Waals surface area contributed by atoms with E-state index in [9.17, 15) is 4.79 Å². The Morgan fingerprint density at radius 2 is 1.39 bits per heavy atom. The number of carbonyl (C=O) groups excluding carboxylic acids is 1. The van der Waals surface area contributed by atoms with Crippen molar-refractivity contribution in [1.82, 2.24) is 5.43 Å². The van der Waals surface area contributed by atoms with E-state index >= 15 is 0 Å². The second-order valence-corrected chi connectivity index (χ2v) is 6.21. The van der Waals surface area contributed by atoms with Gasteiger partial charge >= 0.3 is 0 Å². The van der Waals surface area contributed by atoms with E-state index in [4.69, 9.17) is 23.7 Å². The van der Waals surface area contributed by atoms with Gasteiger partial charge in [-0.05, 0) is 45.8 Å². The summed E-state index contributed by atoms with van der Waals surface area (Å²) in [5.41, 5.74) is 3.47. The molecule has 0 aliphatic rings. The van der Waals surface area contributed by atoms with Crippen LogP contribution in [0.15, 0.2) is 33.8 Å². The van der Waals surface area contributed by atoms with Crippen LogP contribution >= 0.6 is 15.9 Å². The Hall–Kier alpha value is -2.94. The fourth-order valence-corrected chi connectivity index (χ4v) is 3.08. The molecule has 1 amide bonds. The highest BCUT2D eigenvalue weighted by Gasteiger charge is 2.16. The number of halogens is 1. The van der Waals surface area contributed by atoms with E-state index in [1.165, 1.54) is 34.7 Å². The van der Waals surface area contributed by atoms with Crippen molar-refractivity contribution in [2.45, 2.75) is 0 Å². The van der Waals surface area contributed by atoms with Gasteiger partial charge in [0.15, 0.2) is 23.0 Å². The third-order valence-corrected chi connectivity index (χ3v) is 4.35. The van der Waals surface area contributed by atoms with Crippen LogP contribution in [0.4, 0.5) is 0 Å². The first kappa shape index (κ1) is 21.4. The lowest BCUT2D eigenvalue weighted by atomic mass is 10.1. The number of hydrazone groups is 1. The zero-order valence-electron chi connectivity index (χ0n) is 16.2. The Morgan fingerprint density at radius 3 is 1.89 bits per heavy atom. The van der Waals surface area contributed by atoms with Crippen LogP contribution in [0.2, 0.25) is 0 Å². The summed E-state index contributed by atoms with van der Waals surface area (Å²) < 4.78 is 27.0. The maximum absolute atomic E-state index is 12.4. The van der Waals surface area contributed by atoms with Gasteiger partial charge in [0, 0.05) is 5.56 Å². The molecule has 9 heteroatoms. The first-order valence-corrected chi connectivity index (χ1v) is 8.83. The standard InChI is InChI=1S/C19H21BrN2O6/c1-24-14-7-11(6-13(20)17(14)27-4)10-21-22-19(23)12-8-15(25-2)18(28-5)16(9-12)26-3/h6-10H,1-5H3,(H,22,23). The highest BCUT2D eigenvalue weighted by molar-refractivity contribution is 9.10. The predicted octanol–water partition coefficient (Wildman–Crippen LogP) is 3.26. The maximum Gasteiger partial charge on any atom is 0.271 e. The predicted molar refractivity (Wildman–Crippen MR) is 108 cm³/mol. The van der Waals surface area contributed by atoms with Crippen LogP contribution in [0.5, 0.6) is 28.7 Å². The number of rotatable bonds is 8. The van der Waals surface area contributed by atoms with Crippen LogP contribution in [0.3, 0.4) is 0 Å². The summed E-state index contributed by atoms with van der Waals surface area (Å²) in [5.74, 6) is 1.82.